The average molecular weight is 241 g/mol. The highest BCUT2D eigenvalue weighted by Crippen LogP contribution is 2.10. The Morgan fingerprint density at radius 1 is 1.44 bits per heavy atom. The first-order valence-corrected chi connectivity index (χ1v) is 6.86. The van der Waals surface area contributed by atoms with Crippen LogP contribution in [0.5, 0.6) is 0 Å². The summed E-state index contributed by atoms with van der Waals surface area (Å²) in [4.78, 5) is 6.78. The van der Waals surface area contributed by atoms with E-state index in [2.05, 4.69) is 14.5 Å². The van der Waals surface area contributed by atoms with E-state index in [-0.39, 0.29) is 0 Å². The summed E-state index contributed by atoms with van der Waals surface area (Å²) in [7, 11) is 2.05. The number of aromatic nitrogens is 2. The van der Waals surface area contributed by atoms with Gasteiger partial charge in [-0.2, -0.15) is 11.8 Å². The van der Waals surface area contributed by atoms with E-state index in [9.17, 15) is 0 Å². The predicted molar refractivity (Wildman–Crippen MR) is 66.6 cm³/mol. The molecule has 1 aromatic heterocycles. The van der Waals surface area contributed by atoms with Gasteiger partial charge >= 0.3 is 0 Å². The van der Waals surface area contributed by atoms with Gasteiger partial charge in [0, 0.05) is 44.8 Å². The Morgan fingerprint density at radius 2 is 2.25 bits per heavy atom. The summed E-state index contributed by atoms with van der Waals surface area (Å²) in [5, 5.41) is 0. The van der Waals surface area contributed by atoms with E-state index in [1.54, 1.807) is 0 Å². The minimum atomic E-state index is 0.893. The Balaban J connectivity index is 1.59. The van der Waals surface area contributed by atoms with Gasteiger partial charge in [-0.1, -0.05) is 0 Å². The first kappa shape index (κ1) is 12.0. The number of hydrogen-bond acceptors (Lipinski definition) is 4. The zero-order valence-electron chi connectivity index (χ0n) is 9.76. The molecule has 0 unspecified atom stereocenters. The molecule has 1 aliphatic heterocycles. The minimum Gasteiger partial charge on any atom is -0.379 e. The van der Waals surface area contributed by atoms with Crippen LogP contribution in [0.15, 0.2) is 12.4 Å². The standard InChI is InChI=1S/C11H19N3OS/c1-13-3-2-12-11(13)10-16-9-6-14-4-7-15-8-5-14/h2-3H,4-10H2,1H3. The maximum atomic E-state index is 5.32. The van der Waals surface area contributed by atoms with Crippen LogP contribution in [0.4, 0.5) is 0 Å². The van der Waals surface area contributed by atoms with Gasteiger partial charge < -0.3 is 9.30 Å². The van der Waals surface area contributed by atoms with Gasteiger partial charge in [-0.3, -0.25) is 4.90 Å². The summed E-state index contributed by atoms with van der Waals surface area (Å²) in [5.41, 5.74) is 0. The zero-order valence-corrected chi connectivity index (χ0v) is 10.6. The third-order valence-corrected chi connectivity index (χ3v) is 3.74. The van der Waals surface area contributed by atoms with E-state index >= 15 is 0 Å². The van der Waals surface area contributed by atoms with E-state index in [0.29, 0.717) is 0 Å². The third-order valence-electron chi connectivity index (χ3n) is 2.81. The lowest BCUT2D eigenvalue weighted by Crippen LogP contribution is -2.37. The molecule has 0 aliphatic carbocycles. The first-order valence-electron chi connectivity index (χ1n) is 5.70. The molecule has 0 aromatic carbocycles. The van der Waals surface area contributed by atoms with Gasteiger partial charge in [-0.15, -0.1) is 0 Å². The molecular weight excluding hydrogens is 222 g/mol. The Morgan fingerprint density at radius 3 is 2.94 bits per heavy atom. The molecule has 2 rings (SSSR count). The molecule has 0 radical (unpaired) electrons. The lowest BCUT2D eigenvalue weighted by Gasteiger charge is -2.26. The Hall–Kier alpha value is -0.520. The summed E-state index contributed by atoms with van der Waals surface area (Å²) in [6.07, 6.45) is 3.86. The Bertz CT molecular complexity index is 310. The fraction of sp³-hybridized carbons (Fsp3) is 0.727. The molecule has 90 valence electrons. The number of imidazole rings is 1. The van der Waals surface area contributed by atoms with Crippen LogP contribution < -0.4 is 0 Å². The molecule has 1 aliphatic rings. The summed E-state index contributed by atoms with van der Waals surface area (Å²) < 4.78 is 7.40. The van der Waals surface area contributed by atoms with Crippen molar-refractivity contribution < 1.29 is 4.74 Å². The number of rotatable bonds is 5. The largest absolute Gasteiger partial charge is 0.379 e. The van der Waals surface area contributed by atoms with Gasteiger partial charge in [-0.25, -0.2) is 4.98 Å². The SMILES string of the molecule is Cn1ccnc1CSCCN1CCOCC1. The van der Waals surface area contributed by atoms with Crippen LogP contribution in [0.25, 0.3) is 0 Å². The molecule has 0 spiro atoms. The zero-order chi connectivity index (χ0) is 11.2. The molecule has 0 atom stereocenters. The molecule has 2 heterocycles. The summed E-state index contributed by atoms with van der Waals surface area (Å²) in [5.74, 6) is 3.34. The predicted octanol–water partition coefficient (Wildman–Crippen LogP) is 0.986. The molecule has 0 N–H and O–H groups in total. The number of nitrogens with zero attached hydrogens (tertiary/aromatic N) is 3. The van der Waals surface area contributed by atoms with Crippen molar-refractivity contribution in [3.05, 3.63) is 18.2 Å². The van der Waals surface area contributed by atoms with Crippen LogP contribution >= 0.6 is 11.8 Å². The van der Waals surface area contributed by atoms with Gasteiger partial charge in [0.25, 0.3) is 0 Å². The minimum absolute atomic E-state index is 0.893. The van der Waals surface area contributed by atoms with Crippen molar-refractivity contribution in [3.8, 4) is 0 Å². The fourth-order valence-corrected chi connectivity index (χ4v) is 2.71. The smallest absolute Gasteiger partial charge is 0.118 e. The van der Waals surface area contributed by atoms with E-state index in [0.717, 1.165) is 37.9 Å². The van der Waals surface area contributed by atoms with Gasteiger partial charge in [0.1, 0.15) is 5.82 Å². The van der Waals surface area contributed by atoms with Gasteiger partial charge in [0.15, 0.2) is 0 Å². The number of morpholine rings is 1. The average Bonchev–Trinajstić information content (AvgIpc) is 2.72. The van der Waals surface area contributed by atoms with Crippen LogP contribution in [-0.4, -0.2) is 53.1 Å². The molecule has 1 aromatic rings. The van der Waals surface area contributed by atoms with Crippen molar-refractivity contribution in [1.29, 1.82) is 0 Å². The molecular formula is C11H19N3OS. The number of aryl methyl sites for hydroxylation is 1. The normalized spacial score (nSPS) is 17.8. The summed E-state index contributed by atoms with van der Waals surface area (Å²) >= 11 is 1.95. The highest BCUT2D eigenvalue weighted by atomic mass is 32.2. The van der Waals surface area contributed by atoms with Gasteiger partial charge in [0.05, 0.1) is 19.0 Å². The highest BCUT2D eigenvalue weighted by molar-refractivity contribution is 7.98. The van der Waals surface area contributed by atoms with Crippen molar-refractivity contribution in [1.82, 2.24) is 14.5 Å². The quantitative estimate of drug-likeness (QED) is 0.719. The van der Waals surface area contributed by atoms with E-state index in [1.165, 1.54) is 12.3 Å². The maximum absolute atomic E-state index is 5.32. The molecule has 16 heavy (non-hydrogen) atoms. The summed E-state index contributed by atoms with van der Waals surface area (Å²) in [6, 6.07) is 0. The monoisotopic (exact) mass is 241 g/mol. The molecule has 1 saturated heterocycles. The van der Waals surface area contributed by atoms with E-state index in [1.807, 2.05) is 31.2 Å². The van der Waals surface area contributed by atoms with Gasteiger partial charge in [0.2, 0.25) is 0 Å². The summed E-state index contributed by atoms with van der Waals surface area (Å²) in [6.45, 7) is 5.12. The molecule has 0 amide bonds. The first-order chi connectivity index (χ1) is 7.86. The topological polar surface area (TPSA) is 30.3 Å². The van der Waals surface area contributed by atoms with Crippen molar-refractivity contribution >= 4 is 11.8 Å². The van der Waals surface area contributed by atoms with Crippen molar-refractivity contribution in [2.45, 2.75) is 5.75 Å². The van der Waals surface area contributed by atoms with Crippen LogP contribution in [0, 0.1) is 0 Å². The second-order valence-corrected chi connectivity index (χ2v) is 5.07. The van der Waals surface area contributed by atoms with Crippen LogP contribution in [-0.2, 0) is 17.5 Å². The third kappa shape index (κ3) is 3.50. The second-order valence-electron chi connectivity index (χ2n) is 3.96. The highest BCUT2D eigenvalue weighted by Gasteiger charge is 2.09. The van der Waals surface area contributed by atoms with Crippen LogP contribution in [0.3, 0.4) is 0 Å². The van der Waals surface area contributed by atoms with Crippen molar-refractivity contribution in [2.24, 2.45) is 7.05 Å². The molecule has 4 nitrogen and oxygen atoms in total. The van der Waals surface area contributed by atoms with Gasteiger partial charge in [-0.05, 0) is 0 Å². The van der Waals surface area contributed by atoms with Crippen LogP contribution in [0.2, 0.25) is 0 Å². The number of hydrogen-bond donors (Lipinski definition) is 0. The lowest BCUT2D eigenvalue weighted by atomic mass is 10.4. The molecule has 0 saturated carbocycles. The lowest BCUT2D eigenvalue weighted by molar-refractivity contribution is 0.0410. The second kappa shape index (κ2) is 6.27. The Labute approximate surface area is 101 Å². The van der Waals surface area contributed by atoms with Crippen molar-refractivity contribution in [2.75, 3.05) is 38.6 Å². The van der Waals surface area contributed by atoms with Crippen LogP contribution in [0.1, 0.15) is 5.82 Å². The maximum Gasteiger partial charge on any atom is 0.118 e. The Kier molecular flexibility index (Phi) is 4.69. The number of thioether (sulfide) groups is 1. The van der Waals surface area contributed by atoms with E-state index < -0.39 is 0 Å². The fourth-order valence-electron chi connectivity index (χ4n) is 1.72. The molecule has 5 heteroatoms. The molecule has 1 fully saturated rings. The van der Waals surface area contributed by atoms with E-state index in [4.69, 9.17) is 4.74 Å². The molecule has 0 bridgehead atoms. The number of ether oxygens (including phenoxy) is 1. The van der Waals surface area contributed by atoms with Crippen molar-refractivity contribution in [3.63, 3.8) is 0 Å².